The highest BCUT2D eigenvalue weighted by Gasteiger charge is 2.25. The predicted octanol–water partition coefficient (Wildman–Crippen LogP) is 0.966. The number of benzene rings is 4. The Kier molecular flexibility index (Phi) is 37.0. The maximum Gasteiger partial charge on any atom is 0.330 e. The van der Waals surface area contributed by atoms with Crippen molar-refractivity contribution >= 4 is 70.6 Å². The van der Waals surface area contributed by atoms with E-state index in [2.05, 4.69) is 9.72 Å². The van der Waals surface area contributed by atoms with Crippen LogP contribution < -0.4 is 61.1 Å². The van der Waals surface area contributed by atoms with Crippen molar-refractivity contribution in [2.45, 2.75) is 152 Å². The number of carbonyl (C=O) groups excluding carboxylic acids is 5. The van der Waals surface area contributed by atoms with Gasteiger partial charge in [0.1, 0.15) is 72.5 Å². The molecule has 1 heterocycles. The van der Waals surface area contributed by atoms with Crippen molar-refractivity contribution < 1.29 is 97.5 Å². The second-order valence-electron chi connectivity index (χ2n) is 22.5. The lowest BCUT2D eigenvalue weighted by atomic mass is 9.85. The smallest absolute Gasteiger partial charge is 0.330 e. The van der Waals surface area contributed by atoms with Crippen LogP contribution in [0.15, 0.2) is 109 Å². The quantitative estimate of drug-likeness (QED) is 0.0180. The van der Waals surface area contributed by atoms with Crippen LogP contribution in [0.3, 0.4) is 0 Å². The Morgan fingerprint density at radius 1 is 0.479 bits per heavy atom. The molecule has 9 atom stereocenters. The number of carbonyl (C=O) groups is 10. The zero-order valence-corrected chi connectivity index (χ0v) is 52.4. The first kappa shape index (κ1) is 81.0. The molecule has 5 aromatic rings. The maximum absolute atomic E-state index is 12.4. The highest BCUT2D eigenvalue weighted by molar-refractivity contribution is 5.89. The van der Waals surface area contributed by atoms with Crippen LogP contribution >= 0.6 is 0 Å². The predicted molar refractivity (Wildman–Crippen MR) is 343 cm³/mol. The minimum Gasteiger partial charge on any atom is -0.480 e. The number of hydrogen-bond acceptors (Lipinski definition) is 24. The van der Waals surface area contributed by atoms with Crippen molar-refractivity contribution in [3.8, 4) is 11.5 Å². The van der Waals surface area contributed by atoms with Gasteiger partial charge in [-0.15, -0.1) is 0 Å². The van der Waals surface area contributed by atoms with Gasteiger partial charge < -0.3 is 106 Å². The molecule has 0 spiro atoms. The Bertz CT molecular complexity index is 3180. The number of nitrogens with two attached hydrogens (primary N) is 9. The average molecular weight is 1320 g/mol. The van der Waals surface area contributed by atoms with E-state index in [0.29, 0.717) is 54.2 Å². The first-order valence-electron chi connectivity index (χ1n) is 30.0. The third-order valence-electron chi connectivity index (χ3n) is 13.9. The van der Waals surface area contributed by atoms with Gasteiger partial charge in [0.2, 0.25) is 0 Å². The number of hydrogen-bond donors (Lipinski definition) is 16. The number of carboxylic acids is 5. The van der Waals surface area contributed by atoms with Crippen LogP contribution in [-0.2, 0) is 83.1 Å². The third kappa shape index (κ3) is 32.5. The van der Waals surface area contributed by atoms with E-state index in [1.54, 1.807) is 48.5 Å². The number of aromatic nitrogens is 1. The van der Waals surface area contributed by atoms with Crippen molar-refractivity contribution in [3.05, 3.63) is 132 Å². The van der Waals surface area contributed by atoms with Gasteiger partial charge in [0.25, 0.3) is 0 Å². The molecule has 1 fully saturated rings. The van der Waals surface area contributed by atoms with Gasteiger partial charge in [0.15, 0.2) is 0 Å². The molecule has 1 aliphatic rings. The number of nitrogens with one attached hydrogen (secondary N) is 1. The van der Waals surface area contributed by atoms with Gasteiger partial charge in [-0.1, -0.05) is 119 Å². The molecule has 0 radical (unpaired) electrons. The molecule has 6 rings (SSSR count). The minimum atomic E-state index is -1.31. The number of aliphatic hydroxyl groups is 1. The SMILES string of the molecule is CC(C)C[C@H](N)C(=O)Oc1ccc(C[C@H](N)C(=O)OC(=O)CC[C@@H](N)C(=O)O)cc1.N[C@@H](CC1CCCCC1)C(=O)O.N[C@@H](CO)C(=O)O.N[C@@H](Cc1ccccc1)C(=O)O.N[C@H](COC(=O)[C@@H](N)Cc1ccc(OC(=O)[C@@H](N)Cc2c[nH]c3ccccc23)cc1)C(=O)O. The number of esters is 5. The number of fused-ring (bicyclic) bond motifs is 1. The third-order valence-corrected chi connectivity index (χ3v) is 13.9. The molecule has 1 aliphatic carbocycles. The molecule has 0 amide bonds. The molecular formula is C64H90N10O20. The Hall–Kier alpha value is -9.08. The second-order valence-corrected chi connectivity index (χ2v) is 22.5. The van der Waals surface area contributed by atoms with E-state index >= 15 is 0 Å². The van der Waals surface area contributed by atoms with E-state index in [4.69, 9.17) is 96.5 Å². The van der Waals surface area contributed by atoms with Crippen molar-refractivity contribution in [2.24, 2.45) is 63.4 Å². The van der Waals surface area contributed by atoms with E-state index in [1.807, 2.05) is 74.6 Å². The summed E-state index contributed by atoms with van der Waals surface area (Å²) in [6, 6.07) is 21.1. The van der Waals surface area contributed by atoms with Crippen LogP contribution in [0.1, 0.15) is 93.9 Å². The molecule has 30 nitrogen and oxygen atoms in total. The van der Waals surface area contributed by atoms with E-state index in [-0.39, 0.29) is 31.6 Å². The average Bonchev–Trinajstić information content (AvgIpc) is 1.69. The fourth-order valence-electron chi connectivity index (χ4n) is 8.57. The van der Waals surface area contributed by atoms with Crippen molar-refractivity contribution in [3.63, 3.8) is 0 Å². The molecule has 4 aromatic carbocycles. The molecule has 0 aliphatic heterocycles. The van der Waals surface area contributed by atoms with Gasteiger partial charge in [-0.2, -0.15) is 0 Å². The molecule has 516 valence electrons. The highest BCUT2D eigenvalue weighted by Crippen LogP contribution is 2.27. The van der Waals surface area contributed by atoms with Crippen LogP contribution in [-0.4, -0.2) is 163 Å². The van der Waals surface area contributed by atoms with Gasteiger partial charge in [-0.05, 0) is 103 Å². The minimum absolute atomic E-state index is 0.0852. The van der Waals surface area contributed by atoms with Gasteiger partial charge >= 0.3 is 59.7 Å². The number of H-pyrrole nitrogens is 1. The van der Waals surface area contributed by atoms with Gasteiger partial charge in [-0.3, -0.25) is 33.6 Å². The molecule has 0 unspecified atom stereocenters. The Balaban J connectivity index is 0.000000445. The first-order chi connectivity index (χ1) is 44.3. The molecule has 1 aromatic heterocycles. The number of carboxylic acid groups (broad SMARTS) is 5. The summed E-state index contributed by atoms with van der Waals surface area (Å²) in [5.41, 5.74) is 53.7. The molecule has 30 heteroatoms. The summed E-state index contributed by atoms with van der Waals surface area (Å²) in [6.45, 7) is 2.94. The van der Waals surface area contributed by atoms with Crippen molar-refractivity contribution in [1.82, 2.24) is 4.98 Å². The van der Waals surface area contributed by atoms with Crippen molar-refractivity contribution in [1.29, 1.82) is 0 Å². The summed E-state index contributed by atoms with van der Waals surface area (Å²) in [6.07, 6.45) is 9.61. The van der Waals surface area contributed by atoms with Crippen LogP contribution in [0.25, 0.3) is 10.9 Å². The summed E-state index contributed by atoms with van der Waals surface area (Å²) >= 11 is 0. The molecular weight excluding hydrogens is 1230 g/mol. The van der Waals surface area contributed by atoms with E-state index in [0.717, 1.165) is 22.0 Å². The number of rotatable bonds is 29. The number of aliphatic carboxylic acids is 5. The zero-order chi connectivity index (χ0) is 70.6. The first-order valence-corrected chi connectivity index (χ1v) is 30.0. The lowest BCUT2D eigenvalue weighted by Gasteiger charge is -2.22. The van der Waals surface area contributed by atoms with Gasteiger partial charge in [-0.25, -0.2) is 14.4 Å². The maximum atomic E-state index is 12.4. The summed E-state index contributed by atoms with van der Waals surface area (Å²) < 4.78 is 20.0. The second kappa shape index (κ2) is 42.9. The number of aromatic amines is 1. The monoisotopic (exact) mass is 1320 g/mol. The van der Waals surface area contributed by atoms with Crippen LogP contribution in [0.2, 0.25) is 0 Å². The Morgan fingerprint density at radius 3 is 1.40 bits per heavy atom. The number of aliphatic hydroxyl groups excluding tert-OH is 1. The van der Waals surface area contributed by atoms with Crippen LogP contribution in [0, 0.1) is 11.8 Å². The molecule has 1 saturated carbocycles. The fraction of sp³-hybridized carbons (Fsp3) is 0.438. The largest absolute Gasteiger partial charge is 0.480 e. The highest BCUT2D eigenvalue weighted by atomic mass is 16.6. The summed E-state index contributed by atoms with van der Waals surface area (Å²) in [7, 11) is 0. The van der Waals surface area contributed by atoms with Gasteiger partial charge in [0, 0.05) is 29.9 Å². The summed E-state index contributed by atoms with van der Waals surface area (Å²) in [5.74, 6) is -7.77. The lowest BCUT2D eigenvalue weighted by molar-refractivity contribution is -0.161. The topological polar surface area (TPSA) is 579 Å². The zero-order valence-electron chi connectivity index (χ0n) is 52.4. The molecule has 0 saturated heterocycles. The lowest BCUT2D eigenvalue weighted by Crippen LogP contribution is -2.40. The Morgan fingerprint density at radius 2 is 0.926 bits per heavy atom. The summed E-state index contributed by atoms with van der Waals surface area (Å²) in [5, 5.41) is 51.4. The fourth-order valence-corrected chi connectivity index (χ4v) is 8.57. The molecule has 94 heavy (non-hydrogen) atoms. The van der Waals surface area contributed by atoms with E-state index in [9.17, 15) is 47.9 Å². The van der Waals surface area contributed by atoms with Gasteiger partial charge in [0.05, 0.1) is 6.61 Å². The van der Waals surface area contributed by atoms with Crippen LogP contribution in [0.4, 0.5) is 0 Å². The normalized spacial score (nSPS) is 14.7. The van der Waals surface area contributed by atoms with Crippen molar-refractivity contribution in [2.75, 3.05) is 13.2 Å². The van der Waals surface area contributed by atoms with E-state index < -0.39 is 127 Å². The molecule has 0 bridgehead atoms. The van der Waals surface area contributed by atoms with E-state index in [1.165, 1.54) is 32.1 Å². The molecule has 25 N–H and O–H groups in total. The Labute approximate surface area is 542 Å². The standard InChI is InChI=1S/C23H26N4O6.C20H29N3O7.C9H17NO2.C9H11NO2.C3H7NO3/c24-17(22(30)32-12-19(26)21(28)29)9-13-5-7-15(8-6-13)33-23(31)18(25)10-14-11-27-20-4-2-1-3-16(14)20;1-11(2)9-15(22)19(27)29-13-5-3-12(4-6-13)10-16(23)20(28)30-17(24)8-7-14(21)18(25)26;2*10-8(9(11)12)6-7-4-2-1-3-5-7;4-2(1-5)3(6)7/h1-8,11,17-19,27H,9-10,12,24-26H2,(H,28,29);3-6,11,14-16H,7-10,21-23H2,1-2H3,(H,25,26);7-8H,1-6,10H2,(H,11,12);1-5,8H,6,10H2,(H,11,12);2,5H,1,4H2,(H,6,7)/t17-,18-,19+;14-,15+,16+;2*8-;2-/m01000/s1. The number of ether oxygens (including phenoxy) is 4. The number of para-hydroxylation sites is 1. The van der Waals surface area contributed by atoms with Crippen LogP contribution in [0.5, 0.6) is 11.5 Å². The summed E-state index contributed by atoms with van der Waals surface area (Å²) in [4.78, 5) is 115.